The molecule has 3 N–H and O–H groups in total. The number of allylic oxidation sites excluding steroid dienone is 3. The minimum atomic E-state index is -0.615. The fraction of sp³-hybridized carbons (Fsp3) is 0.778. The lowest BCUT2D eigenvalue weighted by Gasteiger charge is -2.44. The van der Waals surface area contributed by atoms with Gasteiger partial charge in [0.2, 0.25) is 0 Å². The van der Waals surface area contributed by atoms with Crippen LogP contribution in [0, 0.1) is 23.2 Å². The SMILES string of the molecule is C=C1/C(=C/C=C2\CCC[C@]3(C)[C@@H]2CC[C@H]3C(C)CCCC(C)(C)O)C[C@H](O)C[C@H]1O. The fourth-order valence-corrected chi connectivity index (χ4v) is 6.74. The summed E-state index contributed by atoms with van der Waals surface area (Å²) in [5, 5.41) is 30.2. The van der Waals surface area contributed by atoms with Crippen molar-refractivity contribution in [2.75, 3.05) is 0 Å². The molecule has 0 bridgehead atoms. The Bertz CT molecular complexity index is 683. The molecule has 3 fully saturated rings. The third-order valence-corrected chi connectivity index (χ3v) is 8.44. The molecule has 3 saturated carbocycles. The van der Waals surface area contributed by atoms with Gasteiger partial charge in [0.05, 0.1) is 17.8 Å². The van der Waals surface area contributed by atoms with Gasteiger partial charge < -0.3 is 15.3 Å². The lowest BCUT2D eigenvalue weighted by atomic mass is 9.60. The predicted octanol–water partition coefficient (Wildman–Crippen LogP) is 5.70. The maximum absolute atomic E-state index is 10.1. The maximum atomic E-state index is 10.1. The molecule has 6 atom stereocenters. The Morgan fingerprint density at radius 1 is 1.23 bits per heavy atom. The highest BCUT2D eigenvalue weighted by molar-refractivity contribution is 5.38. The van der Waals surface area contributed by atoms with Gasteiger partial charge in [-0.1, -0.05) is 51.0 Å². The first kappa shape index (κ1) is 23.8. The minimum Gasteiger partial charge on any atom is -0.393 e. The summed E-state index contributed by atoms with van der Waals surface area (Å²) in [6.45, 7) is 12.8. The van der Waals surface area contributed by atoms with Crippen LogP contribution in [-0.4, -0.2) is 33.1 Å². The molecule has 0 aromatic carbocycles. The second kappa shape index (κ2) is 9.30. The summed E-state index contributed by atoms with van der Waals surface area (Å²) in [6.07, 6.45) is 13.9. The van der Waals surface area contributed by atoms with E-state index in [0.29, 0.717) is 30.1 Å². The summed E-state index contributed by atoms with van der Waals surface area (Å²) >= 11 is 0. The van der Waals surface area contributed by atoms with Crippen molar-refractivity contribution in [2.24, 2.45) is 23.2 Å². The van der Waals surface area contributed by atoms with E-state index < -0.39 is 17.8 Å². The van der Waals surface area contributed by atoms with Gasteiger partial charge in [-0.2, -0.15) is 0 Å². The third-order valence-electron chi connectivity index (χ3n) is 8.44. The highest BCUT2D eigenvalue weighted by Gasteiger charge is 2.50. The fourth-order valence-electron chi connectivity index (χ4n) is 6.74. The number of hydrogen-bond donors (Lipinski definition) is 3. The van der Waals surface area contributed by atoms with Gasteiger partial charge in [0.1, 0.15) is 0 Å². The quantitative estimate of drug-likeness (QED) is 0.520. The van der Waals surface area contributed by atoms with Crippen molar-refractivity contribution in [3.05, 3.63) is 35.5 Å². The van der Waals surface area contributed by atoms with Crippen LogP contribution in [0.2, 0.25) is 0 Å². The molecule has 0 heterocycles. The van der Waals surface area contributed by atoms with Gasteiger partial charge in [0, 0.05) is 6.42 Å². The Kier molecular flexibility index (Phi) is 7.37. The highest BCUT2D eigenvalue weighted by atomic mass is 16.3. The Morgan fingerprint density at radius 3 is 2.67 bits per heavy atom. The molecule has 3 aliphatic rings. The summed E-state index contributed by atoms with van der Waals surface area (Å²) in [5.74, 6) is 2.11. The van der Waals surface area contributed by atoms with Gasteiger partial charge in [-0.25, -0.2) is 0 Å². The van der Waals surface area contributed by atoms with Crippen LogP contribution in [0.4, 0.5) is 0 Å². The van der Waals surface area contributed by atoms with Crippen LogP contribution in [-0.2, 0) is 0 Å². The number of rotatable bonds is 6. The minimum absolute atomic E-state index is 0.374. The molecule has 30 heavy (non-hydrogen) atoms. The molecule has 0 saturated heterocycles. The van der Waals surface area contributed by atoms with Crippen molar-refractivity contribution in [3.8, 4) is 0 Å². The molecule has 3 rings (SSSR count). The lowest BCUT2D eigenvalue weighted by Crippen LogP contribution is -2.36. The first-order valence-corrected chi connectivity index (χ1v) is 12.2. The Hall–Kier alpha value is -0.900. The normalized spacial score (nSPS) is 38.8. The number of fused-ring (bicyclic) bond motifs is 1. The smallest absolute Gasteiger partial charge is 0.0811 e. The third kappa shape index (κ3) is 5.29. The standard InChI is InChI=1S/C27H44O3/c1-18(8-6-14-26(3,4)30)23-12-13-24-20(9-7-15-27(23,24)5)10-11-21-16-22(28)17-25(29)19(21)2/h10-11,18,22-25,28-30H,2,6-9,12-17H2,1,3-5H3/b20-10+,21-11+/t18?,22-,23-,24+,25+,27-/m0/s1. The molecule has 0 amide bonds. The second-order valence-corrected chi connectivity index (χ2v) is 11.3. The van der Waals surface area contributed by atoms with Crippen LogP contribution in [0.15, 0.2) is 35.5 Å². The molecule has 3 aliphatic carbocycles. The van der Waals surface area contributed by atoms with E-state index in [0.717, 1.165) is 29.9 Å². The van der Waals surface area contributed by atoms with Crippen molar-refractivity contribution in [3.63, 3.8) is 0 Å². The van der Waals surface area contributed by atoms with Crippen molar-refractivity contribution in [1.29, 1.82) is 0 Å². The topological polar surface area (TPSA) is 60.7 Å². The molecule has 1 unspecified atom stereocenters. The Morgan fingerprint density at radius 2 is 1.97 bits per heavy atom. The van der Waals surface area contributed by atoms with E-state index in [4.69, 9.17) is 0 Å². The van der Waals surface area contributed by atoms with Gasteiger partial charge in [0.25, 0.3) is 0 Å². The average Bonchev–Trinajstić information content (AvgIpc) is 3.00. The summed E-state index contributed by atoms with van der Waals surface area (Å²) < 4.78 is 0. The largest absolute Gasteiger partial charge is 0.393 e. The zero-order valence-electron chi connectivity index (χ0n) is 19.7. The van der Waals surface area contributed by atoms with E-state index in [-0.39, 0.29) is 0 Å². The zero-order valence-corrected chi connectivity index (χ0v) is 19.7. The monoisotopic (exact) mass is 416 g/mol. The molecule has 0 aromatic rings. The Labute approximate surface area is 184 Å². The lowest BCUT2D eigenvalue weighted by molar-refractivity contribution is 0.0596. The van der Waals surface area contributed by atoms with E-state index >= 15 is 0 Å². The van der Waals surface area contributed by atoms with Crippen LogP contribution < -0.4 is 0 Å². The zero-order chi connectivity index (χ0) is 22.1. The van der Waals surface area contributed by atoms with E-state index in [1.54, 1.807) is 5.57 Å². The van der Waals surface area contributed by atoms with Crippen LogP contribution in [0.5, 0.6) is 0 Å². The number of hydrogen-bond acceptors (Lipinski definition) is 3. The van der Waals surface area contributed by atoms with Crippen LogP contribution >= 0.6 is 0 Å². The van der Waals surface area contributed by atoms with E-state index in [1.165, 1.54) is 38.5 Å². The molecule has 0 aliphatic heterocycles. The van der Waals surface area contributed by atoms with Crippen molar-refractivity contribution in [2.45, 2.75) is 110 Å². The number of aliphatic hydroxyl groups is 3. The Balaban J connectivity index is 1.70. The van der Waals surface area contributed by atoms with Gasteiger partial charge in [-0.15, -0.1) is 0 Å². The maximum Gasteiger partial charge on any atom is 0.0811 e. The molecular weight excluding hydrogens is 372 g/mol. The van der Waals surface area contributed by atoms with Crippen LogP contribution in [0.1, 0.15) is 91.9 Å². The van der Waals surface area contributed by atoms with Crippen LogP contribution in [0.25, 0.3) is 0 Å². The number of aliphatic hydroxyl groups excluding tert-OH is 2. The molecular formula is C27H44O3. The van der Waals surface area contributed by atoms with Gasteiger partial charge in [0.15, 0.2) is 0 Å². The highest BCUT2D eigenvalue weighted by Crippen LogP contribution is 2.60. The molecule has 0 aromatic heterocycles. The van der Waals surface area contributed by atoms with Gasteiger partial charge in [-0.3, -0.25) is 0 Å². The van der Waals surface area contributed by atoms with Crippen molar-refractivity contribution < 1.29 is 15.3 Å². The molecule has 170 valence electrons. The average molecular weight is 417 g/mol. The van der Waals surface area contributed by atoms with Crippen molar-refractivity contribution >= 4 is 0 Å². The first-order valence-electron chi connectivity index (χ1n) is 12.2. The van der Waals surface area contributed by atoms with Crippen molar-refractivity contribution in [1.82, 2.24) is 0 Å². The summed E-state index contributed by atoms with van der Waals surface area (Å²) in [6, 6.07) is 0. The summed E-state index contributed by atoms with van der Waals surface area (Å²) in [7, 11) is 0. The van der Waals surface area contributed by atoms with E-state index in [1.807, 2.05) is 13.8 Å². The van der Waals surface area contributed by atoms with Crippen LogP contribution in [0.3, 0.4) is 0 Å². The first-order chi connectivity index (χ1) is 14.0. The predicted molar refractivity (Wildman–Crippen MR) is 124 cm³/mol. The van der Waals surface area contributed by atoms with E-state index in [9.17, 15) is 15.3 Å². The van der Waals surface area contributed by atoms with E-state index in [2.05, 4.69) is 32.6 Å². The molecule has 3 heteroatoms. The molecule has 3 nitrogen and oxygen atoms in total. The second-order valence-electron chi connectivity index (χ2n) is 11.3. The summed E-state index contributed by atoms with van der Waals surface area (Å²) in [5.41, 5.74) is 3.17. The van der Waals surface area contributed by atoms with Gasteiger partial charge >= 0.3 is 0 Å². The molecule has 0 radical (unpaired) electrons. The summed E-state index contributed by atoms with van der Waals surface area (Å²) in [4.78, 5) is 0. The van der Waals surface area contributed by atoms with Gasteiger partial charge in [-0.05, 0) is 93.1 Å². The molecule has 0 spiro atoms.